The molecule has 20 aromatic rings. The molecule has 2 aliphatic carbocycles. The van der Waals surface area contributed by atoms with Crippen LogP contribution in [0.4, 0.5) is 0 Å². The first kappa shape index (κ1) is 60.9. The molecular weight excluding hydrogens is 1280 g/mol. The molecule has 0 N–H and O–H groups in total. The summed E-state index contributed by atoms with van der Waals surface area (Å²) in [5.41, 5.74) is 30.0. The lowest BCUT2D eigenvalue weighted by Crippen LogP contribution is -2.28. The Labute approximate surface area is 613 Å². The molecule has 0 bridgehead atoms. The van der Waals surface area contributed by atoms with Crippen LogP contribution in [0.5, 0.6) is 0 Å². The third-order valence-electron chi connectivity index (χ3n) is 22.7. The van der Waals surface area contributed by atoms with Crippen molar-refractivity contribution < 1.29 is 0 Å². The quantitative estimate of drug-likeness (QED) is 0.112. The van der Waals surface area contributed by atoms with Crippen molar-refractivity contribution >= 4 is 87.0 Å². The van der Waals surface area contributed by atoms with E-state index in [0.29, 0.717) is 0 Å². The smallest absolute Gasteiger partial charge is 0.0978 e. The van der Waals surface area contributed by atoms with Gasteiger partial charge in [-0.3, -0.25) is 9.97 Å². The van der Waals surface area contributed by atoms with Crippen molar-refractivity contribution in [3.63, 3.8) is 0 Å². The van der Waals surface area contributed by atoms with Crippen LogP contribution < -0.4 is 0 Å². The maximum absolute atomic E-state index is 5.19. The molecule has 4 nitrogen and oxygen atoms in total. The molecule has 0 aliphatic heterocycles. The fraction of sp³-hybridized carbons (Fsp3) is 0.0196. The highest BCUT2D eigenvalue weighted by atomic mass is 14.8. The molecule has 0 radical (unpaired) electrons. The second kappa shape index (κ2) is 24.5. The lowest BCUT2D eigenvalue weighted by molar-refractivity contribution is 0.769. The third-order valence-corrected chi connectivity index (χ3v) is 22.7. The molecule has 0 amide bonds. The molecule has 4 heteroatoms. The maximum Gasteiger partial charge on any atom is 0.0978 e. The molecule has 0 atom stereocenters. The normalized spacial score (nSPS) is 13.1. The second-order valence-corrected chi connectivity index (χ2v) is 28.1. The van der Waals surface area contributed by atoms with Crippen molar-refractivity contribution in [2.75, 3.05) is 0 Å². The Kier molecular flexibility index (Phi) is 14.1. The topological polar surface area (TPSA) is 51.6 Å². The highest BCUT2D eigenvalue weighted by Crippen LogP contribution is 2.59. The van der Waals surface area contributed by atoms with Crippen LogP contribution in [0, 0.1) is 0 Å². The number of aromatic nitrogens is 4. The van der Waals surface area contributed by atoms with E-state index in [4.69, 9.17) is 19.9 Å². The van der Waals surface area contributed by atoms with Gasteiger partial charge in [0, 0.05) is 55.8 Å². The van der Waals surface area contributed by atoms with E-state index in [2.05, 4.69) is 364 Å². The molecular formula is C102H64N4. The summed E-state index contributed by atoms with van der Waals surface area (Å²) in [6, 6.07) is 137. The van der Waals surface area contributed by atoms with Gasteiger partial charge in [0.1, 0.15) is 0 Å². The van der Waals surface area contributed by atoms with E-state index in [9.17, 15) is 0 Å². The molecule has 4 aromatic heterocycles. The number of benzene rings is 16. The summed E-state index contributed by atoms with van der Waals surface area (Å²) in [7, 11) is 0. The van der Waals surface area contributed by atoms with E-state index in [0.717, 1.165) is 65.4 Å². The first-order valence-electron chi connectivity index (χ1n) is 36.5. The highest BCUT2D eigenvalue weighted by Gasteiger charge is 2.48. The number of fused-ring (bicyclic) bond motifs is 16. The molecule has 0 unspecified atom stereocenters. The third kappa shape index (κ3) is 9.27. The summed E-state index contributed by atoms with van der Waals surface area (Å²) in [6.45, 7) is 0. The van der Waals surface area contributed by atoms with E-state index < -0.39 is 10.8 Å². The van der Waals surface area contributed by atoms with Gasteiger partial charge in [-0.1, -0.05) is 328 Å². The standard InChI is InChI=1S/2C51H32N2/c1-3-13-39(14-4-1)51(40-15-5-2-6-16-40)45-19-9-7-17-41(45)42-27-26-37(32-46(42)51)35-21-22-36-31-38(24-23-34(36)30-35)48-43-18-8-10-20-47(43)53-50-44(48)28-25-33-12-11-29-52-49(33)50;1-3-15-35(16-4-1)51(36-17-5-2-6-18-36)45-23-11-9-21-40(45)41-27-26-34(32-46(41)51)37-29-30-42(39-20-8-7-19-38(37)39)48-43-22-10-12-24-47(43)53-50-44(48)28-25-33-14-13-31-52-49(33)50/h2*1-32H. The Balaban J connectivity index is 0.000000136. The van der Waals surface area contributed by atoms with Crippen LogP contribution in [0.2, 0.25) is 0 Å². The number of nitrogens with zero attached hydrogens (tertiary/aromatic N) is 4. The lowest BCUT2D eigenvalue weighted by atomic mass is 9.67. The van der Waals surface area contributed by atoms with Crippen molar-refractivity contribution in [1.29, 1.82) is 0 Å². The Morgan fingerprint density at radius 1 is 0.189 bits per heavy atom. The number of pyridine rings is 4. The van der Waals surface area contributed by atoms with Gasteiger partial charge in [0.15, 0.2) is 0 Å². The van der Waals surface area contributed by atoms with Gasteiger partial charge in [-0.15, -0.1) is 0 Å². The average Bonchev–Trinajstić information content (AvgIpc) is 1.56. The number of rotatable bonds is 8. The van der Waals surface area contributed by atoms with Gasteiger partial charge in [0.05, 0.1) is 43.9 Å². The van der Waals surface area contributed by atoms with Gasteiger partial charge in [0.2, 0.25) is 0 Å². The van der Waals surface area contributed by atoms with Gasteiger partial charge >= 0.3 is 0 Å². The predicted octanol–water partition coefficient (Wildman–Crippen LogP) is 25.6. The summed E-state index contributed by atoms with van der Waals surface area (Å²) in [5, 5.41) is 11.5. The largest absolute Gasteiger partial charge is 0.254 e. The SMILES string of the molecule is c1ccc(C2(c3ccccc3)c3ccccc3-c3ccc(-c4ccc(-c5c6ccccc6nc6c5ccc5cccnc56)c5ccccc45)cc32)cc1.c1ccc(C2(c3ccccc3)c3ccccc3-c3ccc(-c4ccc5cc(-c6c7ccccc7nc7c6ccc6cccnc67)ccc5c4)cc32)cc1. The zero-order valence-corrected chi connectivity index (χ0v) is 57.7. The van der Waals surface area contributed by atoms with E-state index in [1.807, 2.05) is 24.5 Å². The van der Waals surface area contributed by atoms with Gasteiger partial charge in [0.25, 0.3) is 0 Å². The van der Waals surface area contributed by atoms with Crippen molar-refractivity contribution in [3.05, 3.63) is 433 Å². The van der Waals surface area contributed by atoms with Crippen molar-refractivity contribution in [2.45, 2.75) is 10.8 Å². The van der Waals surface area contributed by atoms with E-state index in [1.54, 1.807) is 0 Å². The van der Waals surface area contributed by atoms with Crippen LogP contribution in [-0.4, -0.2) is 19.9 Å². The molecule has 4 heterocycles. The van der Waals surface area contributed by atoms with Crippen LogP contribution in [0.25, 0.3) is 154 Å². The Morgan fingerprint density at radius 2 is 0.547 bits per heavy atom. The van der Waals surface area contributed by atoms with E-state index in [1.165, 1.54) is 133 Å². The summed E-state index contributed by atoms with van der Waals surface area (Å²) in [4.78, 5) is 19.9. The summed E-state index contributed by atoms with van der Waals surface area (Å²) >= 11 is 0. The fourth-order valence-corrected chi connectivity index (χ4v) is 18.2. The lowest BCUT2D eigenvalue weighted by Gasteiger charge is -2.34. The number of para-hydroxylation sites is 2. The van der Waals surface area contributed by atoms with Crippen LogP contribution in [-0.2, 0) is 10.8 Å². The maximum atomic E-state index is 5.19. The minimum absolute atomic E-state index is 0.423. The Bertz CT molecular complexity index is 6870. The van der Waals surface area contributed by atoms with Gasteiger partial charge < -0.3 is 0 Å². The van der Waals surface area contributed by atoms with Gasteiger partial charge in [-0.25, -0.2) is 9.97 Å². The molecule has 0 saturated heterocycles. The van der Waals surface area contributed by atoms with Crippen LogP contribution >= 0.6 is 0 Å². The molecule has 2 aliphatic rings. The van der Waals surface area contributed by atoms with Crippen LogP contribution in [0.15, 0.2) is 389 Å². The average molecular weight is 1350 g/mol. The zero-order valence-electron chi connectivity index (χ0n) is 57.7. The van der Waals surface area contributed by atoms with Crippen LogP contribution in [0.3, 0.4) is 0 Å². The molecule has 0 saturated carbocycles. The predicted molar refractivity (Wildman–Crippen MR) is 440 cm³/mol. The summed E-state index contributed by atoms with van der Waals surface area (Å²) in [5.74, 6) is 0. The second-order valence-electron chi connectivity index (χ2n) is 28.1. The van der Waals surface area contributed by atoms with E-state index in [-0.39, 0.29) is 0 Å². The first-order chi connectivity index (χ1) is 52.6. The van der Waals surface area contributed by atoms with Crippen molar-refractivity contribution in [3.8, 4) is 66.8 Å². The molecule has 22 rings (SSSR count). The molecule has 0 fully saturated rings. The van der Waals surface area contributed by atoms with Crippen molar-refractivity contribution in [1.82, 2.24) is 19.9 Å². The van der Waals surface area contributed by atoms with Gasteiger partial charge in [-0.05, 0) is 170 Å². The minimum atomic E-state index is -0.453. The fourth-order valence-electron chi connectivity index (χ4n) is 18.2. The minimum Gasteiger partial charge on any atom is -0.254 e. The van der Waals surface area contributed by atoms with Crippen molar-refractivity contribution in [2.24, 2.45) is 0 Å². The summed E-state index contributed by atoms with van der Waals surface area (Å²) < 4.78 is 0. The number of hydrogen-bond acceptors (Lipinski definition) is 4. The zero-order chi connectivity index (χ0) is 69.9. The molecule has 16 aromatic carbocycles. The first-order valence-corrected chi connectivity index (χ1v) is 36.5. The monoisotopic (exact) mass is 1340 g/mol. The number of hydrogen-bond donors (Lipinski definition) is 0. The summed E-state index contributed by atoms with van der Waals surface area (Å²) in [6.07, 6.45) is 3.72. The Hall–Kier alpha value is -13.8. The van der Waals surface area contributed by atoms with Crippen LogP contribution in [0.1, 0.15) is 44.5 Å². The highest BCUT2D eigenvalue weighted by molar-refractivity contribution is 6.21. The molecule has 0 spiro atoms. The molecule has 492 valence electrons. The van der Waals surface area contributed by atoms with Gasteiger partial charge in [-0.2, -0.15) is 0 Å². The van der Waals surface area contributed by atoms with E-state index >= 15 is 0 Å². The molecule has 106 heavy (non-hydrogen) atoms. The Morgan fingerprint density at radius 3 is 1.08 bits per heavy atom.